The summed E-state index contributed by atoms with van der Waals surface area (Å²) in [6, 6.07) is 11.8. The number of ketones is 1. The van der Waals surface area contributed by atoms with Crippen LogP contribution in [0, 0.1) is 5.82 Å². The van der Waals surface area contributed by atoms with E-state index in [4.69, 9.17) is 11.6 Å². The van der Waals surface area contributed by atoms with Crippen LogP contribution in [0.3, 0.4) is 0 Å². The summed E-state index contributed by atoms with van der Waals surface area (Å²) in [4.78, 5) is 13.3. The molecule has 2 aromatic rings. The molecule has 2 rings (SSSR count). The van der Waals surface area contributed by atoms with Crippen LogP contribution in [-0.4, -0.2) is 12.8 Å². The van der Waals surface area contributed by atoms with Crippen LogP contribution in [0.1, 0.15) is 35.8 Å². The predicted octanol–water partition coefficient (Wildman–Crippen LogP) is 4.88. The first-order valence-corrected chi connectivity index (χ1v) is 7.07. The number of benzene rings is 2. The van der Waals surface area contributed by atoms with Crippen LogP contribution in [-0.2, 0) is 0 Å². The number of hydrogen-bond acceptors (Lipinski definition) is 2. The van der Waals surface area contributed by atoms with Crippen LogP contribution < -0.4 is 4.90 Å². The number of anilines is 1. The van der Waals surface area contributed by atoms with E-state index in [2.05, 4.69) is 0 Å². The molecule has 0 aromatic heterocycles. The van der Waals surface area contributed by atoms with Gasteiger partial charge in [-0.05, 0) is 38.1 Å². The second kappa shape index (κ2) is 6.27. The van der Waals surface area contributed by atoms with Crippen molar-refractivity contribution in [2.24, 2.45) is 0 Å². The molecule has 0 aliphatic rings. The van der Waals surface area contributed by atoms with E-state index in [1.165, 1.54) is 13.0 Å². The Morgan fingerprint density at radius 3 is 2.48 bits per heavy atom. The first kappa shape index (κ1) is 15.5. The lowest BCUT2D eigenvalue weighted by Crippen LogP contribution is -2.22. The van der Waals surface area contributed by atoms with Gasteiger partial charge < -0.3 is 4.90 Å². The Labute approximate surface area is 129 Å². The first-order chi connectivity index (χ1) is 9.91. The van der Waals surface area contributed by atoms with Gasteiger partial charge >= 0.3 is 0 Å². The number of hydrogen-bond donors (Lipinski definition) is 0. The van der Waals surface area contributed by atoms with Crippen molar-refractivity contribution in [2.75, 3.05) is 11.9 Å². The number of carbonyl (C=O) groups is 1. The minimum Gasteiger partial charge on any atom is -0.368 e. The highest BCUT2D eigenvalue weighted by molar-refractivity contribution is 6.34. The summed E-state index contributed by atoms with van der Waals surface area (Å²) < 4.78 is 13.9. The van der Waals surface area contributed by atoms with Crippen molar-refractivity contribution in [2.45, 2.75) is 19.9 Å². The quantitative estimate of drug-likeness (QED) is 0.750. The molecule has 0 saturated heterocycles. The summed E-state index contributed by atoms with van der Waals surface area (Å²) in [5.74, 6) is -0.306. The summed E-state index contributed by atoms with van der Waals surface area (Å²) in [6.07, 6.45) is 0. The predicted molar refractivity (Wildman–Crippen MR) is 84.7 cm³/mol. The highest BCUT2D eigenvalue weighted by atomic mass is 35.5. The summed E-state index contributed by atoms with van der Waals surface area (Å²) in [5, 5.41) is 0.410. The zero-order valence-corrected chi connectivity index (χ0v) is 13.0. The lowest BCUT2D eigenvalue weighted by atomic mass is 10.1. The maximum absolute atomic E-state index is 13.9. The molecule has 0 spiro atoms. The lowest BCUT2D eigenvalue weighted by molar-refractivity contribution is 0.101. The fourth-order valence-electron chi connectivity index (χ4n) is 2.26. The molecule has 21 heavy (non-hydrogen) atoms. The van der Waals surface area contributed by atoms with Gasteiger partial charge in [0.05, 0.1) is 11.1 Å². The normalized spacial score (nSPS) is 12.0. The van der Waals surface area contributed by atoms with Crippen molar-refractivity contribution in [3.05, 3.63) is 64.4 Å². The van der Waals surface area contributed by atoms with Gasteiger partial charge in [-0.25, -0.2) is 4.39 Å². The third kappa shape index (κ3) is 3.24. The Morgan fingerprint density at radius 2 is 1.90 bits per heavy atom. The fourth-order valence-corrected chi connectivity index (χ4v) is 2.56. The molecule has 0 heterocycles. The van der Waals surface area contributed by atoms with Gasteiger partial charge in [-0.3, -0.25) is 4.79 Å². The summed E-state index contributed by atoms with van der Waals surface area (Å²) in [7, 11) is 1.87. The lowest BCUT2D eigenvalue weighted by Gasteiger charge is -2.28. The Balaban J connectivity index is 2.32. The van der Waals surface area contributed by atoms with Crippen molar-refractivity contribution in [1.29, 1.82) is 0 Å². The fraction of sp³-hybridized carbons (Fsp3) is 0.235. The van der Waals surface area contributed by atoms with Gasteiger partial charge in [0.1, 0.15) is 5.82 Å². The van der Waals surface area contributed by atoms with E-state index in [1.54, 1.807) is 24.3 Å². The molecular formula is C17H17ClFNO. The Bertz CT molecular complexity index is 672. The largest absolute Gasteiger partial charge is 0.368 e. The van der Waals surface area contributed by atoms with E-state index in [-0.39, 0.29) is 17.6 Å². The van der Waals surface area contributed by atoms with Gasteiger partial charge in [0.25, 0.3) is 0 Å². The Hall–Kier alpha value is -1.87. The second-order valence-corrected chi connectivity index (χ2v) is 5.44. The molecule has 0 bridgehead atoms. The number of halogens is 2. The molecule has 110 valence electrons. The van der Waals surface area contributed by atoms with Crippen molar-refractivity contribution in [3.8, 4) is 0 Å². The molecule has 0 amide bonds. The summed E-state index contributed by atoms with van der Waals surface area (Å²) >= 11 is 6.13. The summed E-state index contributed by atoms with van der Waals surface area (Å²) in [5.41, 5.74) is 1.94. The highest BCUT2D eigenvalue weighted by Crippen LogP contribution is 2.30. The zero-order chi connectivity index (χ0) is 15.6. The van der Waals surface area contributed by atoms with Gasteiger partial charge in [-0.15, -0.1) is 0 Å². The summed E-state index contributed by atoms with van der Waals surface area (Å²) in [6.45, 7) is 3.40. The molecule has 2 nitrogen and oxygen atoms in total. The number of Topliss-reactive ketones (excluding diaryl/α,β-unsaturated/α-hetero) is 1. The van der Waals surface area contributed by atoms with Gasteiger partial charge in [0.15, 0.2) is 5.78 Å². The molecule has 0 saturated carbocycles. The molecular weight excluding hydrogens is 289 g/mol. The smallest absolute Gasteiger partial charge is 0.161 e. The Kier molecular flexibility index (Phi) is 4.63. The SMILES string of the molecule is CC(=O)c1ccc(N(C)C(C)c2ccccc2F)cc1Cl. The van der Waals surface area contributed by atoms with E-state index < -0.39 is 0 Å². The monoisotopic (exact) mass is 305 g/mol. The average Bonchev–Trinajstić information content (AvgIpc) is 2.45. The molecule has 0 N–H and O–H groups in total. The van der Waals surface area contributed by atoms with Crippen LogP contribution in [0.5, 0.6) is 0 Å². The van der Waals surface area contributed by atoms with Crippen molar-refractivity contribution in [1.82, 2.24) is 0 Å². The van der Waals surface area contributed by atoms with Crippen LogP contribution in [0.2, 0.25) is 5.02 Å². The van der Waals surface area contributed by atoms with E-state index in [0.717, 1.165) is 5.69 Å². The highest BCUT2D eigenvalue weighted by Gasteiger charge is 2.17. The van der Waals surface area contributed by atoms with E-state index in [1.807, 2.05) is 31.0 Å². The van der Waals surface area contributed by atoms with Crippen LogP contribution in [0.25, 0.3) is 0 Å². The minimum absolute atomic E-state index is 0.0728. The third-order valence-electron chi connectivity index (χ3n) is 3.68. The molecule has 1 unspecified atom stereocenters. The molecule has 0 aliphatic carbocycles. The molecule has 0 fully saturated rings. The zero-order valence-electron chi connectivity index (χ0n) is 12.2. The maximum atomic E-state index is 13.9. The third-order valence-corrected chi connectivity index (χ3v) is 3.99. The first-order valence-electron chi connectivity index (χ1n) is 6.69. The van der Waals surface area contributed by atoms with Crippen molar-refractivity contribution < 1.29 is 9.18 Å². The molecule has 4 heteroatoms. The number of carbonyl (C=O) groups excluding carboxylic acids is 1. The Morgan fingerprint density at radius 1 is 1.24 bits per heavy atom. The van der Waals surface area contributed by atoms with Gasteiger partial charge in [0, 0.05) is 23.9 Å². The molecule has 0 radical (unpaired) electrons. The molecule has 1 atom stereocenters. The molecule has 2 aromatic carbocycles. The maximum Gasteiger partial charge on any atom is 0.161 e. The van der Waals surface area contributed by atoms with Gasteiger partial charge in [0.2, 0.25) is 0 Å². The van der Waals surface area contributed by atoms with Crippen molar-refractivity contribution >= 4 is 23.1 Å². The van der Waals surface area contributed by atoms with Crippen LogP contribution >= 0.6 is 11.6 Å². The van der Waals surface area contributed by atoms with Gasteiger partial charge in [-0.1, -0.05) is 29.8 Å². The van der Waals surface area contributed by atoms with E-state index in [9.17, 15) is 9.18 Å². The van der Waals surface area contributed by atoms with E-state index >= 15 is 0 Å². The topological polar surface area (TPSA) is 20.3 Å². The molecule has 0 aliphatic heterocycles. The van der Waals surface area contributed by atoms with E-state index in [0.29, 0.717) is 16.1 Å². The number of nitrogens with zero attached hydrogens (tertiary/aromatic N) is 1. The number of rotatable bonds is 4. The standard InChI is InChI=1S/C17H17ClFNO/c1-11(14-6-4-5-7-17(14)19)20(3)13-8-9-15(12(2)21)16(18)10-13/h4-11H,1-3H3. The minimum atomic E-state index is -0.233. The average molecular weight is 306 g/mol. The van der Waals surface area contributed by atoms with Crippen molar-refractivity contribution in [3.63, 3.8) is 0 Å². The van der Waals surface area contributed by atoms with Gasteiger partial charge in [-0.2, -0.15) is 0 Å². The van der Waals surface area contributed by atoms with Crippen LogP contribution in [0.4, 0.5) is 10.1 Å². The van der Waals surface area contributed by atoms with Crippen LogP contribution in [0.15, 0.2) is 42.5 Å². The second-order valence-electron chi connectivity index (χ2n) is 5.03.